The van der Waals surface area contributed by atoms with E-state index in [1.165, 1.54) is 5.56 Å². The normalized spacial score (nSPS) is 13.8. The van der Waals surface area contributed by atoms with Crippen molar-refractivity contribution in [1.29, 1.82) is 0 Å². The fraction of sp³-hybridized carbons (Fsp3) is 0.250. The van der Waals surface area contributed by atoms with Crippen molar-refractivity contribution >= 4 is 11.4 Å². The summed E-state index contributed by atoms with van der Waals surface area (Å²) in [5, 5.41) is 6.65. The number of ether oxygens (including phenoxy) is 1. The second kappa shape index (κ2) is 8.24. The number of aryl methyl sites for hydroxylation is 1. The number of halogens is 1. The maximum Gasteiger partial charge on any atom is 0.153 e. The van der Waals surface area contributed by atoms with Gasteiger partial charge in [-0.3, -0.25) is 0 Å². The lowest BCUT2D eigenvalue weighted by Gasteiger charge is -2.04. The van der Waals surface area contributed by atoms with E-state index in [4.69, 9.17) is 23.4 Å². The van der Waals surface area contributed by atoms with Gasteiger partial charge >= 0.3 is 0 Å². The highest BCUT2D eigenvalue weighted by atomic mass is 35.7. The van der Waals surface area contributed by atoms with E-state index < -0.39 is 10.2 Å². The molecule has 0 aliphatic carbocycles. The van der Waals surface area contributed by atoms with Crippen LogP contribution in [0.1, 0.15) is 5.56 Å². The highest BCUT2D eigenvalue weighted by Gasteiger charge is 2.24. The molecule has 0 fully saturated rings. The molecule has 1 N–H and O–H groups in total. The van der Waals surface area contributed by atoms with Crippen LogP contribution in [0.4, 0.5) is 11.4 Å². The third-order valence-electron chi connectivity index (χ3n) is 3.44. The van der Waals surface area contributed by atoms with E-state index in [2.05, 4.69) is 36.4 Å². The molecule has 0 unspecified atom stereocenters. The van der Waals surface area contributed by atoms with E-state index >= 15 is 0 Å². The molecule has 8 nitrogen and oxygen atoms in total. The summed E-state index contributed by atoms with van der Waals surface area (Å²) in [6.07, 6.45) is 0. The predicted octanol–water partition coefficient (Wildman–Crippen LogP) is -0.589. The molecule has 0 saturated heterocycles. The molecule has 1 aliphatic heterocycles. The lowest BCUT2D eigenvalue weighted by Crippen LogP contribution is -2.58. The monoisotopic (exact) mass is 368 g/mol. The maximum absolute atomic E-state index is 8.60. The van der Waals surface area contributed by atoms with Crippen LogP contribution >= 0.6 is 0 Å². The van der Waals surface area contributed by atoms with Crippen molar-refractivity contribution in [3.8, 4) is 5.75 Å². The average molecular weight is 369 g/mol. The van der Waals surface area contributed by atoms with Gasteiger partial charge in [-0.15, -0.1) is 9.71 Å². The Labute approximate surface area is 147 Å². The Bertz CT molecular complexity index is 708. The van der Waals surface area contributed by atoms with E-state index in [0.29, 0.717) is 0 Å². The Hall–Kier alpha value is -2.23. The first-order valence-electron chi connectivity index (χ1n) is 7.37. The van der Waals surface area contributed by atoms with Crippen LogP contribution < -0.4 is 23.7 Å². The lowest BCUT2D eigenvalue weighted by molar-refractivity contribution is -1.92. The highest BCUT2D eigenvalue weighted by Crippen LogP contribution is 2.24. The number of methoxy groups -OCH3 is 1. The van der Waals surface area contributed by atoms with Crippen molar-refractivity contribution in [3.05, 3.63) is 54.1 Å². The topological polar surface area (TPSA) is 117 Å². The zero-order chi connectivity index (χ0) is 18.4. The van der Waals surface area contributed by atoms with Crippen LogP contribution in [0.25, 0.3) is 0 Å². The molecule has 0 bridgehead atoms. The molecule has 0 aromatic heterocycles. The fourth-order valence-corrected chi connectivity index (χ4v) is 2.24. The molecule has 0 saturated carbocycles. The molecule has 3 rings (SSSR count). The van der Waals surface area contributed by atoms with E-state index in [0.717, 1.165) is 30.2 Å². The molecule has 9 heteroatoms. The van der Waals surface area contributed by atoms with Gasteiger partial charge in [0, 0.05) is 0 Å². The van der Waals surface area contributed by atoms with Crippen LogP contribution in [-0.2, 0) is 0 Å². The number of hydrogen-bond donors (Lipinski definition) is 1. The average Bonchev–Trinajstić information content (AvgIpc) is 3.04. The number of hydrogen-bond acceptors (Lipinski definition) is 7. The Kier molecular flexibility index (Phi) is 6.29. The van der Waals surface area contributed by atoms with Crippen molar-refractivity contribution in [1.82, 2.24) is 0 Å². The summed E-state index contributed by atoms with van der Waals surface area (Å²) >= 11 is 0. The number of benzene rings is 2. The van der Waals surface area contributed by atoms with Crippen molar-refractivity contribution in [2.45, 2.75) is 6.92 Å². The summed E-state index contributed by atoms with van der Waals surface area (Å²) in [5.41, 5.74) is 3.48. The molecule has 0 amide bonds. The molecule has 25 heavy (non-hydrogen) atoms. The highest BCUT2D eigenvalue weighted by molar-refractivity contribution is 5.48. The van der Waals surface area contributed by atoms with Gasteiger partial charge in [-0.25, -0.2) is 0 Å². The van der Waals surface area contributed by atoms with Gasteiger partial charge in [0.25, 0.3) is 0 Å². The van der Waals surface area contributed by atoms with Gasteiger partial charge in [-0.05, 0) is 43.3 Å². The second-order valence-corrected chi connectivity index (χ2v) is 6.06. The van der Waals surface area contributed by atoms with Gasteiger partial charge in [0.15, 0.2) is 13.1 Å². The van der Waals surface area contributed by atoms with E-state index in [-0.39, 0.29) is 0 Å². The molecular weight excluding hydrogens is 350 g/mol. The van der Waals surface area contributed by atoms with Crippen LogP contribution in [0.2, 0.25) is 0 Å². The van der Waals surface area contributed by atoms with Gasteiger partial charge in [0.2, 0.25) is 0 Å². The van der Waals surface area contributed by atoms with E-state index in [1.54, 1.807) is 7.11 Å². The largest absolute Gasteiger partial charge is 0.497 e. The molecule has 2 aromatic rings. The van der Waals surface area contributed by atoms with Crippen LogP contribution in [0, 0.1) is 17.2 Å². The van der Waals surface area contributed by atoms with Crippen molar-refractivity contribution in [3.63, 3.8) is 0 Å². The Morgan fingerprint density at radius 2 is 1.64 bits per heavy atom. The first kappa shape index (κ1) is 19.1. The second-order valence-electron chi connectivity index (χ2n) is 5.27. The van der Waals surface area contributed by atoms with Gasteiger partial charge in [-0.2, -0.15) is 14.0 Å². The molecule has 2 aromatic carbocycles. The zero-order valence-corrected chi connectivity index (χ0v) is 14.6. The van der Waals surface area contributed by atoms with Gasteiger partial charge in [0.05, 0.1) is 27.2 Å². The van der Waals surface area contributed by atoms with E-state index in [9.17, 15) is 0 Å². The lowest BCUT2D eigenvalue weighted by atomic mass is 10.2. The summed E-state index contributed by atoms with van der Waals surface area (Å²) in [6.45, 7) is 3.88. The minimum Gasteiger partial charge on any atom is -0.497 e. The zero-order valence-electron chi connectivity index (χ0n) is 13.8. The summed E-state index contributed by atoms with van der Waals surface area (Å²) in [7, 11) is -3.02. The molecule has 1 heterocycles. The SMILES string of the molecule is COc1ccc(N2CC[N+](c3ccc(C)cc3)=N2)cc1.[O-][Cl+3]([O-])([O-])O. The van der Waals surface area contributed by atoms with Crippen LogP contribution in [0.5, 0.6) is 5.75 Å². The molecule has 134 valence electrons. The Balaban J connectivity index is 0.000000399. The minimum atomic E-state index is -4.69. The molecular formula is C16H19ClN3O5+. The first-order valence-corrected chi connectivity index (χ1v) is 8.63. The Morgan fingerprint density at radius 1 is 1.08 bits per heavy atom. The van der Waals surface area contributed by atoms with Crippen LogP contribution in [0.3, 0.4) is 0 Å². The predicted molar refractivity (Wildman–Crippen MR) is 81.0 cm³/mol. The minimum absolute atomic E-state index is 0.864. The van der Waals surface area contributed by atoms with Crippen LogP contribution in [0.15, 0.2) is 53.8 Å². The third kappa shape index (κ3) is 6.29. The summed E-state index contributed by atoms with van der Waals surface area (Å²) in [5.74, 6) is 0.864. The summed E-state index contributed by atoms with van der Waals surface area (Å²) in [6, 6.07) is 16.4. The first-order chi connectivity index (χ1) is 11.8. The number of nitrogens with zero attached hydrogens (tertiary/aromatic N) is 3. The van der Waals surface area contributed by atoms with Gasteiger partial charge in [-0.1, -0.05) is 17.7 Å². The molecule has 0 spiro atoms. The van der Waals surface area contributed by atoms with Gasteiger partial charge in [0.1, 0.15) is 17.1 Å². The van der Waals surface area contributed by atoms with Gasteiger partial charge < -0.3 is 4.74 Å². The smallest absolute Gasteiger partial charge is 0.153 e. The van der Waals surface area contributed by atoms with Crippen LogP contribution in [-0.4, -0.2) is 29.6 Å². The molecule has 0 radical (unpaired) electrons. The Morgan fingerprint density at radius 3 is 2.16 bits per heavy atom. The quantitative estimate of drug-likeness (QED) is 0.724. The maximum atomic E-state index is 8.60. The fourth-order valence-electron chi connectivity index (χ4n) is 2.24. The number of anilines is 1. The van der Waals surface area contributed by atoms with Crippen molar-refractivity contribution in [2.24, 2.45) is 5.22 Å². The van der Waals surface area contributed by atoms with E-state index in [1.807, 2.05) is 34.0 Å². The van der Waals surface area contributed by atoms with Crippen molar-refractivity contribution < 1.29 is 38.3 Å². The van der Waals surface area contributed by atoms with Crippen molar-refractivity contribution in [2.75, 3.05) is 25.2 Å². The summed E-state index contributed by atoms with van der Waals surface area (Å²) in [4.78, 5) is 0. The molecule has 1 aliphatic rings. The number of rotatable bonds is 3. The summed E-state index contributed by atoms with van der Waals surface area (Å²) < 4.78 is 39.9. The molecule has 0 atom stereocenters. The standard InChI is InChI=1S/C16H18N3O.ClHO4/c1-13-3-5-14(6-4-13)18-11-12-19(17-18)15-7-9-16(20-2)10-8-15;2-1(3,4)5/h3-10H,11-12H2,1-2H3;(H,2,3,4,5)/q+1;. The third-order valence-corrected chi connectivity index (χ3v) is 3.44.